The Morgan fingerprint density at radius 2 is 2.00 bits per heavy atom. The Hall–Kier alpha value is -1.10. The van der Waals surface area contributed by atoms with E-state index in [1.165, 1.54) is 4.90 Å². The fraction of sp³-hybridized carbons (Fsp3) is 0.800. The molecule has 1 saturated heterocycles. The van der Waals surface area contributed by atoms with Crippen LogP contribution in [0.1, 0.15) is 26.7 Å². The maximum Gasteiger partial charge on any atom is 0.329 e. The Balaban J connectivity index is 2.97. The van der Waals surface area contributed by atoms with Gasteiger partial charge in [0.1, 0.15) is 5.54 Å². The summed E-state index contributed by atoms with van der Waals surface area (Å²) in [5.74, 6) is -0.938. The van der Waals surface area contributed by atoms with Crippen LogP contribution in [0.25, 0.3) is 0 Å². The third-order valence-electron chi connectivity index (χ3n) is 2.88. The van der Waals surface area contributed by atoms with Crippen LogP contribution in [-0.2, 0) is 14.3 Å². The van der Waals surface area contributed by atoms with E-state index in [9.17, 15) is 14.7 Å². The van der Waals surface area contributed by atoms with Gasteiger partial charge in [-0.25, -0.2) is 4.79 Å². The first kappa shape index (κ1) is 12.0. The molecule has 0 aliphatic carbocycles. The maximum absolute atomic E-state index is 11.3. The fourth-order valence-corrected chi connectivity index (χ4v) is 2.01. The van der Waals surface area contributed by atoms with Crippen molar-refractivity contribution in [2.24, 2.45) is 0 Å². The lowest BCUT2D eigenvalue weighted by Gasteiger charge is -2.42. The van der Waals surface area contributed by atoms with E-state index >= 15 is 0 Å². The number of amides is 1. The lowest BCUT2D eigenvalue weighted by molar-refractivity contribution is -0.164. The standard InChI is InChI=1S/C10H17NO4/c1-8(2)11(7-12)10(9(13)14)3-5-15-6-4-10/h7-8H,3-6H2,1-2H3,(H,13,14). The maximum atomic E-state index is 11.3. The fourth-order valence-electron chi connectivity index (χ4n) is 2.01. The molecule has 0 unspecified atom stereocenters. The van der Waals surface area contributed by atoms with Gasteiger partial charge in [-0.2, -0.15) is 0 Å². The largest absolute Gasteiger partial charge is 0.479 e. The zero-order valence-corrected chi connectivity index (χ0v) is 9.10. The number of carbonyl (C=O) groups excluding carboxylic acids is 1. The summed E-state index contributed by atoms with van der Waals surface area (Å²) in [5.41, 5.74) is -1.08. The number of ether oxygens (including phenoxy) is 1. The molecule has 5 nitrogen and oxygen atoms in total. The Morgan fingerprint density at radius 1 is 1.47 bits per heavy atom. The van der Waals surface area contributed by atoms with Gasteiger partial charge in [-0.1, -0.05) is 0 Å². The predicted octanol–water partition coefficient (Wildman–Crippen LogP) is 0.487. The van der Waals surface area contributed by atoms with Crippen molar-refractivity contribution in [3.05, 3.63) is 0 Å². The highest BCUT2D eigenvalue weighted by Crippen LogP contribution is 2.29. The molecule has 0 spiro atoms. The molecule has 0 aromatic heterocycles. The molecule has 86 valence electrons. The Bertz CT molecular complexity index is 246. The molecule has 0 aromatic carbocycles. The molecule has 1 N–H and O–H groups in total. The Labute approximate surface area is 89.0 Å². The van der Waals surface area contributed by atoms with Crippen LogP contribution in [0.15, 0.2) is 0 Å². The predicted molar refractivity (Wildman–Crippen MR) is 53.5 cm³/mol. The van der Waals surface area contributed by atoms with Crippen LogP contribution in [0.3, 0.4) is 0 Å². The minimum absolute atomic E-state index is 0.114. The molecule has 1 aliphatic heterocycles. The number of carboxylic acids is 1. The van der Waals surface area contributed by atoms with Crippen LogP contribution >= 0.6 is 0 Å². The lowest BCUT2D eigenvalue weighted by Crippen LogP contribution is -2.59. The number of hydrogen-bond donors (Lipinski definition) is 1. The molecular formula is C10H17NO4. The highest BCUT2D eigenvalue weighted by atomic mass is 16.5. The van der Waals surface area contributed by atoms with Gasteiger partial charge in [0.2, 0.25) is 6.41 Å². The van der Waals surface area contributed by atoms with E-state index in [0.717, 1.165) is 0 Å². The Kier molecular flexibility index (Phi) is 3.68. The van der Waals surface area contributed by atoms with Gasteiger partial charge >= 0.3 is 5.97 Å². The number of carbonyl (C=O) groups is 2. The minimum atomic E-state index is -1.08. The van der Waals surface area contributed by atoms with E-state index in [1.54, 1.807) is 0 Å². The van der Waals surface area contributed by atoms with Crippen LogP contribution in [0.5, 0.6) is 0 Å². The van der Waals surface area contributed by atoms with E-state index in [1.807, 2.05) is 13.8 Å². The van der Waals surface area contributed by atoms with Crippen molar-refractivity contribution in [2.75, 3.05) is 13.2 Å². The molecule has 1 fully saturated rings. The average molecular weight is 215 g/mol. The van der Waals surface area contributed by atoms with Gasteiger partial charge in [-0.3, -0.25) is 4.79 Å². The zero-order chi connectivity index (χ0) is 11.5. The van der Waals surface area contributed by atoms with Gasteiger partial charge in [-0.15, -0.1) is 0 Å². The molecule has 1 rings (SSSR count). The summed E-state index contributed by atoms with van der Waals surface area (Å²) in [6.45, 7) is 4.41. The SMILES string of the molecule is CC(C)N(C=O)C1(C(=O)O)CCOCC1. The summed E-state index contributed by atoms with van der Waals surface area (Å²) in [4.78, 5) is 23.7. The van der Waals surface area contributed by atoms with Crippen molar-refractivity contribution in [3.8, 4) is 0 Å². The second-order valence-corrected chi connectivity index (χ2v) is 4.06. The quantitative estimate of drug-likeness (QED) is 0.693. The molecule has 1 aliphatic rings. The monoisotopic (exact) mass is 215 g/mol. The Morgan fingerprint density at radius 3 is 2.33 bits per heavy atom. The van der Waals surface area contributed by atoms with Gasteiger partial charge < -0.3 is 14.7 Å². The van der Waals surface area contributed by atoms with Gasteiger partial charge in [0.15, 0.2) is 0 Å². The van der Waals surface area contributed by atoms with Crippen LogP contribution in [0.2, 0.25) is 0 Å². The summed E-state index contributed by atoms with van der Waals surface area (Å²) < 4.78 is 5.14. The second kappa shape index (κ2) is 4.61. The third-order valence-corrected chi connectivity index (χ3v) is 2.88. The molecule has 0 atom stereocenters. The van der Waals surface area contributed by atoms with Crippen LogP contribution in [0, 0.1) is 0 Å². The van der Waals surface area contributed by atoms with E-state index in [2.05, 4.69) is 0 Å². The molecule has 0 saturated carbocycles. The van der Waals surface area contributed by atoms with Crippen molar-refractivity contribution >= 4 is 12.4 Å². The third kappa shape index (κ3) is 2.12. The highest BCUT2D eigenvalue weighted by Gasteiger charge is 2.46. The minimum Gasteiger partial charge on any atom is -0.479 e. The molecule has 0 aromatic rings. The van der Waals surface area contributed by atoms with Gasteiger partial charge in [-0.05, 0) is 13.8 Å². The smallest absolute Gasteiger partial charge is 0.329 e. The first-order valence-corrected chi connectivity index (χ1v) is 5.09. The zero-order valence-electron chi connectivity index (χ0n) is 9.10. The van der Waals surface area contributed by atoms with Crippen LogP contribution in [-0.4, -0.2) is 47.2 Å². The number of hydrogen-bond acceptors (Lipinski definition) is 3. The first-order chi connectivity index (χ1) is 7.04. The second-order valence-electron chi connectivity index (χ2n) is 4.06. The van der Waals surface area contributed by atoms with Crippen LogP contribution < -0.4 is 0 Å². The van der Waals surface area contributed by atoms with Crippen molar-refractivity contribution in [2.45, 2.75) is 38.3 Å². The summed E-state index contributed by atoms with van der Waals surface area (Å²) in [6, 6.07) is -0.114. The van der Waals surface area contributed by atoms with Crippen molar-refractivity contribution in [1.82, 2.24) is 4.90 Å². The summed E-state index contributed by atoms with van der Waals surface area (Å²) >= 11 is 0. The van der Waals surface area contributed by atoms with Crippen molar-refractivity contribution in [3.63, 3.8) is 0 Å². The molecule has 1 amide bonds. The molecule has 15 heavy (non-hydrogen) atoms. The normalized spacial score (nSPS) is 19.9. The van der Waals surface area contributed by atoms with E-state index in [-0.39, 0.29) is 6.04 Å². The molecule has 0 bridgehead atoms. The summed E-state index contributed by atoms with van der Waals surface area (Å²) in [5, 5.41) is 9.28. The molecule has 5 heteroatoms. The van der Waals surface area contributed by atoms with E-state index in [4.69, 9.17) is 4.74 Å². The number of carboxylic acid groups (broad SMARTS) is 1. The number of nitrogens with zero attached hydrogens (tertiary/aromatic N) is 1. The van der Waals surface area contributed by atoms with Gasteiger partial charge in [0, 0.05) is 32.1 Å². The average Bonchev–Trinajstić information content (AvgIpc) is 2.19. The van der Waals surface area contributed by atoms with E-state index in [0.29, 0.717) is 32.5 Å². The van der Waals surface area contributed by atoms with Crippen molar-refractivity contribution in [1.29, 1.82) is 0 Å². The van der Waals surface area contributed by atoms with Crippen molar-refractivity contribution < 1.29 is 19.4 Å². The molecular weight excluding hydrogens is 198 g/mol. The molecule has 1 heterocycles. The lowest BCUT2D eigenvalue weighted by atomic mass is 9.87. The van der Waals surface area contributed by atoms with Crippen LogP contribution in [0.4, 0.5) is 0 Å². The number of rotatable bonds is 4. The first-order valence-electron chi connectivity index (χ1n) is 5.09. The highest BCUT2D eigenvalue weighted by molar-refractivity contribution is 5.81. The topological polar surface area (TPSA) is 66.8 Å². The molecule has 0 radical (unpaired) electrons. The summed E-state index contributed by atoms with van der Waals surface area (Å²) in [6.07, 6.45) is 1.35. The van der Waals surface area contributed by atoms with Gasteiger partial charge in [0.25, 0.3) is 0 Å². The van der Waals surface area contributed by atoms with E-state index < -0.39 is 11.5 Å². The van der Waals surface area contributed by atoms with Gasteiger partial charge in [0.05, 0.1) is 0 Å². The summed E-state index contributed by atoms with van der Waals surface area (Å²) in [7, 11) is 0. The number of aliphatic carboxylic acids is 1.